The third kappa shape index (κ3) is 3.38. The van der Waals surface area contributed by atoms with Gasteiger partial charge in [-0.15, -0.1) is 0 Å². The van der Waals surface area contributed by atoms with E-state index in [1.165, 1.54) is 0 Å². The van der Waals surface area contributed by atoms with Gasteiger partial charge in [0, 0.05) is 12.1 Å². The number of hydrogen-bond acceptors (Lipinski definition) is 3. The normalized spacial score (nSPS) is 10.6. The van der Waals surface area contributed by atoms with E-state index in [-0.39, 0.29) is 6.04 Å². The Morgan fingerprint density at radius 1 is 1.35 bits per heavy atom. The van der Waals surface area contributed by atoms with Crippen LogP contribution in [-0.4, -0.2) is 15.9 Å². The van der Waals surface area contributed by atoms with Gasteiger partial charge in [0.25, 0.3) is 0 Å². The zero-order valence-corrected chi connectivity index (χ0v) is 12.0. The molecule has 0 unspecified atom stereocenters. The van der Waals surface area contributed by atoms with Crippen molar-refractivity contribution in [2.75, 3.05) is 5.32 Å². The number of amides is 1. The number of hydrogen-bond donors (Lipinski definition) is 1. The Balaban J connectivity index is 2.09. The van der Waals surface area contributed by atoms with Crippen LogP contribution in [0.3, 0.4) is 0 Å². The van der Waals surface area contributed by atoms with Gasteiger partial charge in [-0.1, -0.05) is 25.1 Å². The molecular weight excluding hydrogens is 254 g/mol. The average molecular weight is 273 g/mol. The molecule has 5 nitrogen and oxygen atoms in total. The van der Waals surface area contributed by atoms with E-state index >= 15 is 0 Å². The topological polar surface area (TPSA) is 56.1 Å². The van der Waals surface area contributed by atoms with Crippen LogP contribution in [0.5, 0.6) is 5.75 Å². The maximum Gasteiger partial charge on any atom is 0.418 e. The Morgan fingerprint density at radius 2 is 2.05 bits per heavy atom. The Kier molecular flexibility index (Phi) is 4.40. The van der Waals surface area contributed by atoms with Gasteiger partial charge in [-0.05, 0) is 32.4 Å². The van der Waals surface area contributed by atoms with Crippen molar-refractivity contribution in [2.45, 2.75) is 33.2 Å². The summed E-state index contributed by atoms with van der Waals surface area (Å²) in [5, 5.41) is 7.17. The van der Waals surface area contributed by atoms with Crippen molar-refractivity contribution < 1.29 is 9.53 Å². The minimum Gasteiger partial charge on any atom is -0.410 e. The molecule has 0 bridgehead atoms. The summed E-state index contributed by atoms with van der Waals surface area (Å²) in [7, 11) is 0. The number of ether oxygens (including phenoxy) is 1. The van der Waals surface area contributed by atoms with Gasteiger partial charge in [0.2, 0.25) is 0 Å². The monoisotopic (exact) mass is 273 g/mol. The quantitative estimate of drug-likeness (QED) is 0.925. The van der Waals surface area contributed by atoms with Crippen molar-refractivity contribution in [2.24, 2.45) is 0 Å². The minimum atomic E-state index is -0.513. The largest absolute Gasteiger partial charge is 0.418 e. The molecule has 1 aromatic carbocycles. The van der Waals surface area contributed by atoms with Crippen LogP contribution >= 0.6 is 0 Å². The lowest BCUT2D eigenvalue weighted by atomic mass is 10.3. The van der Waals surface area contributed by atoms with Gasteiger partial charge in [0.1, 0.15) is 11.6 Å². The molecule has 1 N–H and O–H groups in total. The van der Waals surface area contributed by atoms with Gasteiger partial charge in [-0.2, -0.15) is 5.10 Å². The van der Waals surface area contributed by atoms with Crippen molar-refractivity contribution in [3.63, 3.8) is 0 Å². The lowest BCUT2D eigenvalue weighted by Crippen LogP contribution is -2.20. The summed E-state index contributed by atoms with van der Waals surface area (Å²) in [5.41, 5.74) is 0.939. The van der Waals surface area contributed by atoms with Crippen LogP contribution in [0.1, 0.15) is 32.5 Å². The molecule has 2 aromatic rings. The van der Waals surface area contributed by atoms with E-state index in [0.717, 1.165) is 12.1 Å². The standard InChI is InChI=1S/C15H19N3O2/c1-4-12-10-14(18(17-12)11(2)3)16-15(19)20-13-8-6-5-7-9-13/h5-11H,4H2,1-3H3,(H,16,19). The van der Waals surface area contributed by atoms with Gasteiger partial charge in [0.05, 0.1) is 5.69 Å². The fourth-order valence-electron chi connectivity index (χ4n) is 1.83. The number of carbonyl (C=O) groups is 1. The highest BCUT2D eigenvalue weighted by Gasteiger charge is 2.13. The molecule has 0 aliphatic carbocycles. The number of para-hydroxylation sites is 1. The molecule has 0 saturated heterocycles. The Hall–Kier alpha value is -2.30. The number of anilines is 1. The fourth-order valence-corrected chi connectivity index (χ4v) is 1.83. The van der Waals surface area contributed by atoms with Crippen LogP contribution in [0.4, 0.5) is 10.6 Å². The predicted octanol–water partition coefficient (Wildman–Crippen LogP) is 3.64. The van der Waals surface area contributed by atoms with E-state index in [2.05, 4.69) is 10.4 Å². The van der Waals surface area contributed by atoms with Gasteiger partial charge in [0.15, 0.2) is 0 Å². The third-order valence-corrected chi connectivity index (χ3v) is 2.82. The van der Waals surface area contributed by atoms with E-state index in [4.69, 9.17) is 4.74 Å². The molecule has 0 fully saturated rings. The molecule has 0 atom stereocenters. The molecule has 2 rings (SSSR count). The first kappa shape index (κ1) is 14.1. The van der Waals surface area contributed by atoms with Crippen molar-refractivity contribution >= 4 is 11.9 Å². The predicted molar refractivity (Wildman–Crippen MR) is 78.1 cm³/mol. The van der Waals surface area contributed by atoms with Crippen LogP contribution in [-0.2, 0) is 6.42 Å². The van der Waals surface area contributed by atoms with Gasteiger partial charge < -0.3 is 4.74 Å². The highest BCUT2D eigenvalue weighted by Crippen LogP contribution is 2.17. The summed E-state index contributed by atoms with van der Waals surface area (Å²) in [6.45, 7) is 6.05. The second-order valence-corrected chi connectivity index (χ2v) is 4.74. The van der Waals surface area contributed by atoms with Crippen LogP contribution in [0.2, 0.25) is 0 Å². The van der Waals surface area contributed by atoms with Crippen LogP contribution in [0.15, 0.2) is 36.4 Å². The number of aromatic nitrogens is 2. The Bertz CT molecular complexity index is 576. The maximum absolute atomic E-state index is 11.9. The zero-order valence-electron chi connectivity index (χ0n) is 12.0. The molecule has 106 valence electrons. The number of nitrogens with one attached hydrogen (secondary N) is 1. The van der Waals surface area contributed by atoms with Gasteiger partial charge in [-0.3, -0.25) is 5.32 Å². The summed E-state index contributed by atoms with van der Waals surface area (Å²) < 4.78 is 6.99. The highest BCUT2D eigenvalue weighted by atomic mass is 16.6. The average Bonchev–Trinajstić information content (AvgIpc) is 2.83. The number of carbonyl (C=O) groups excluding carboxylic acids is 1. The van der Waals surface area contributed by atoms with E-state index in [9.17, 15) is 4.79 Å². The lowest BCUT2D eigenvalue weighted by molar-refractivity contribution is 0.215. The summed E-state index contributed by atoms with van der Waals surface area (Å²) in [6.07, 6.45) is 0.308. The first-order chi connectivity index (χ1) is 9.60. The molecular formula is C15H19N3O2. The number of nitrogens with zero attached hydrogens (tertiary/aromatic N) is 2. The second-order valence-electron chi connectivity index (χ2n) is 4.74. The molecule has 1 amide bonds. The highest BCUT2D eigenvalue weighted by molar-refractivity contribution is 5.85. The van der Waals surface area contributed by atoms with Gasteiger partial charge >= 0.3 is 6.09 Å². The SMILES string of the molecule is CCc1cc(NC(=O)Oc2ccccc2)n(C(C)C)n1. The van der Waals surface area contributed by atoms with E-state index < -0.39 is 6.09 Å². The molecule has 0 spiro atoms. The lowest BCUT2D eigenvalue weighted by Gasteiger charge is -2.11. The number of aryl methyl sites for hydroxylation is 1. The summed E-state index contributed by atoms with van der Waals surface area (Å²) in [4.78, 5) is 11.9. The van der Waals surface area contributed by atoms with Crippen molar-refractivity contribution in [1.82, 2.24) is 9.78 Å². The van der Waals surface area contributed by atoms with Crippen LogP contribution in [0.25, 0.3) is 0 Å². The number of benzene rings is 1. The molecule has 1 heterocycles. The minimum absolute atomic E-state index is 0.169. The van der Waals surface area contributed by atoms with Gasteiger partial charge in [-0.25, -0.2) is 9.48 Å². The molecule has 5 heteroatoms. The second kappa shape index (κ2) is 6.23. The third-order valence-electron chi connectivity index (χ3n) is 2.82. The summed E-state index contributed by atoms with van der Waals surface area (Å²) in [5.74, 6) is 1.16. The maximum atomic E-state index is 11.9. The molecule has 0 aliphatic heterocycles. The van der Waals surface area contributed by atoms with Crippen molar-refractivity contribution in [3.05, 3.63) is 42.1 Å². The van der Waals surface area contributed by atoms with E-state index in [0.29, 0.717) is 11.6 Å². The van der Waals surface area contributed by atoms with E-state index in [1.54, 1.807) is 16.8 Å². The number of rotatable bonds is 4. The zero-order chi connectivity index (χ0) is 14.5. The summed E-state index contributed by atoms with van der Waals surface area (Å²) >= 11 is 0. The molecule has 0 radical (unpaired) electrons. The molecule has 0 saturated carbocycles. The van der Waals surface area contributed by atoms with Crippen molar-refractivity contribution in [3.8, 4) is 5.75 Å². The molecule has 0 aliphatic rings. The first-order valence-corrected chi connectivity index (χ1v) is 6.72. The first-order valence-electron chi connectivity index (χ1n) is 6.72. The molecule has 1 aromatic heterocycles. The van der Waals surface area contributed by atoms with E-state index in [1.807, 2.05) is 45.0 Å². The molecule has 20 heavy (non-hydrogen) atoms. The Labute approximate surface area is 118 Å². The van der Waals surface area contributed by atoms with Crippen LogP contribution < -0.4 is 10.1 Å². The fraction of sp³-hybridized carbons (Fsp3) is 0.333. The van der Waals surface area contributed by atoms with Crippen LogP contribution in [0, 0.1) is 0 Å². The summed E-state index contributed by atoms with van der Waals surface area (Å²) in [6, 6.07) is 11.0. The van der Waals surface area contributed by atoms with Crippen molar-refractivity contribution in [1.29, 1.82) is 0 Å². The smallest absolute Gasteiger partial charge is 0.410 e. The Morgan fingerprint density at radius 3 is 2.65 bits per heavy atom.